The molecule has 0 N–H and O–H groups in total. The van der Waals surface area contributed by atoms with Crippen LogP contribution in [0.15, 0.2) is 0 Å². The van der Waals surface area contributed by atoms with Crippen LogP contribution in [0.1, 0.15) is 329 Å². The van der Waals surface area contributed by atoms with Crippen molar-refractivity contribution in [1.82, 2.24) is 0 Å². The Labute approximate surface area is 460 Å². The van der Waals surface area contributed by atoms with Gasteiger partial charge in [0.2, 0.25) is 0 Å². The molecule has 0 aromatic carbocycles. The largest absolute Gasteiger partial charge is 1.00 e. The number of carbonyl (C=O) groups excluding carboxylic acids is 3. The average molecular weight is 919 g/mol. The van der Waals surface area contributed by atoms with Crippen molar-refractivity contribution < 1.29 is 118 Å². The van der Waals surface area contributed by atoms with E-state index in [1.807, 2.05) is 0 Å². The van der Waals surface area contributed by atoms with E-state index in [0.717, 1.165) is 38.5 Å². The predicted octanol–water partition coefficient (Wildman–Crippen LogP) is 6.01. The molecular formula is C54H105Na3O6. The summed E-state index contributed by atoms with van der Waals surface area (Å²) in [4.78, 5) is 30.7. The Kier molecular flexibility index (Phi) is 87.2. The summed E-state index contributed by atoms with van der Waals surface area (Å²) in [5, 5.41) is 30.7. The molecule has 0 fully saturated rings. The number of rotatable bonds is 48. The topological polar surface area (TPSA) is 120 Å². The molecule has 360 valence electrons. The molecule has 0 rings (SSSR count). The first kappa shape index (κ1) is 75.9. The quantitative estimate of drug-likeness (QED) is 0.0546. The van der Waals surface area contributed by atoms with Crippen molar-refractivity contribution in [2.75, 3.05) is 0 Å². The summed E-state index contributed by atoms with van der Waals surface area (Å²) in [6.07, 6.45) is 59.6. The number of carbonyl (C=O) groups is 3. The van der Waals surface area contributed by atoms with Crippen molar-refractivity contribution >= 4 is 17.9 Å². The van der Waals surface area contributed by atoms with E-state index in [1.165, 1.54) is 250 Å². The van der Waals surface area contributed by atoms with Crippen molar-refractivity contribution in [2.45, 2.75) is 329 Å². The molecule has 0 aliphatic carbocycles. The Morgan fingerprint density at radius 3 is 0.397 bits per heavy atom. The summed E-state index contributed by atoms with van der Waals surface area (Å²) in [7, 11) is 0. The van der Waals surface area contributed by atoms with Gasteiger partial charge >= 0.3 is 88.7 Å². The molecule has 0 aliphatic heterocycles. The third kappa shape index (κ3) is 87.1. The van der Waals surface area contributed by atoms with E-state index >= 15 is 0 Å². The van der Waals surface area contributed by atoms with Crippen LogP contribution in [0.2, 0.25) is 0 Å². The average Bonchev–Trinajstić information content (AvgIpc) is 3.22. The van der Waals surface area contributed by atoms with E-state index in [1.54, 1.807) is 0 Å². The van der Waals surface area contributed by atoms with Gasteiger partial charge in [-0.1, -0.05) is 290 Å². The number of carboxylic acids is 3. The molecule has 0 saturated heterocycles. The van der Waals surface area contributed by atoms with Crippen molar-refractivity contribution in [3.63, 3.8) is 0 Å². The van der Waals surface area contributed by atoms with Crippen molar-refractivity contribution in [1.29, 1.82) is 0 Å². The van der Waals surface area contributed by atoms with Crippen LogP contribution in [-0.2, 0) is 14.4 Å². The van der Waals surface area contributed by atoms with Crippen LogP contribution in [0.5, 0.6) is 0 Å². The number of hydrogen-bond acceptors (Lipinski definition) is 6. The van der Waals surface area contributed by atoms with Gasteiger partial charge in [-0.05, 0) is 38.5 Å². The minimum absolute atomic E-state index is 0. The molecule has 0 amide bonds. The summed E-state index contributed by atoms with van der Waals surface area (Å²) in [6.45, 7) is 6.80. The SMILES string of the molecule is CCCCCCCCCCCCCCCCCC(=O)[O-].CCCCCCCCCCCCCCCCCC(=O)[O-].CCCCCCCCCCCCCCCCCC(=O)[O-].[Na+].[Na+].[Na+]. The molecule has 0 radical (unpaired) electrons. The second-order valence-electron chi connectivity index (χ2n) is 18.2. The molecule has 9 heteroatoms. The maximum absolute atomic E-state index is 10.2. The Bertz CT molecular complexity index is 727. The third-order valence-corrected chi connectivity index (χ3v) is 12.0. The van der Waals surface area contributed by atoms with Crippen LogP contribution in [0.4, 0.5) is 0 Å². The Morgan fingerprint density at radius 1 is 0.206 bits per heavy atom. The molecule has 0 atom stereocenters. The van der Waals surface area contributed by atoms with Gasteiger partial charge in [0.1, 0.15) is 0 Å². The van der Waals surface area contributed by atoms with Crippen LogP contribution in [0.3, 0.4) is 0 Å². The fraction of sp³-hybridized carbons (Fsp3) is 0.944. The molecular weight excluding hydrogens is 814 g/mol. The number of unbranched alkanes of at least 4 members (excludes halogenated alkanes) is 42. The summed E-state index contributed by atoms with van der Waals surface area (Å²) in [5.41, 5.74) is 0. The second kappa shape index (κ2) is 72.4. The van der Waals surface area contributed by atoms with Gasteiger partial charge in [0.25, 0.3) is 0 Å². The first-order valence-corrected chi connectivity index (χ1v) is 26.9. The second-order valence-corrected chi connectivity index (χ2v) is 18.2. The van der Waals surface area contributed by atoms with Crippen LogP contribution in [0, 0.1) is 0 Å². The monoisotopic (exact) mass is 919 g/mol. The van der Waals surface area contributed by atoms with Crippen molar-refractivity contribution in [3.8, 4) is 0 Å². The van der Waals surface area contributed by atoms with Gasteiger partial charge in [-0.3, -0.25) is 0 Å². The van der Waals surface area contributed by atoms with E-state index < -0.39 is 17.9 Å². The first-order valence-electron chi connectivity index (χ1n) is 26.9. The number of carboxylic acid groups (broad SMARTS) is 3. The first-order chi connectivity index (χ1) is 29.3. The number of hydrogen-bond donors (Lipinski definition) is 0. The normalized spacial score (nSPS) is 10.3. The molecule has 0 unspecified atom stereocenters. The van der Waals surface area contributed by atoms with E-state index in [2.05, 4.69) is 20.8 Å². The van der Waals surface area contributed by atoms with Crippen molar-refractivity contribution in [2.24, 2.45) is 0 Å². The number of aliphatic carboxylic acids is 3. The van der Waals surface area contributed by atoms with E-state index in [-0.39, 0.29) is 108 Å². The van der Waals surface area contributed by atoms with Gasteiger partial charge in [0, 0.05) is 17.9 Å². The molecule has 6 nitrogen and oxygen atoms in total. The summed E-state index contributed by atoms with van der Waals surface area (Å²) < 4.78 is 0. The van der Waals surface area contributed by atoms with E-state index in [0.29, 0.717) is 0 Å². The van der Waals surface area contributed by atoms with Gasteiger partial charge in [-0.25, -0.2) is 0 Å². The predicted molar refractivity (Wildman–Crippen MR) is 254 cm³/mol. The summed E-state index contributed by atoms with van der Waals surface area (Å²) >= 11 is 0. The minimum atomic E-state index is -0.903. The van der Waals surface area contributed by atoms with E-state index in [9.17, 15) is 29.7 Å². The molecule has 63 heavy (non-hydrogen) atoms. The maximum Gasteiger partial charge on any atom is 1.00 e. The van der Waals surface area contributed by atoms with Crippen LogP contribution in [0.25, 0.3) is 0 Å². The van der Waals surface area contributed by atoms with Gasteiger partial charge in [0.15, 0.2) is 0 Å². The minimum Gasteiger partial charge on any atom is -0.550 e. The Balaban J connectivity index is -0.000000189. The van der Waals surface area contributed by atoms with Gasteiger partial charge in [-0.2, -0.15) is 0 Å². The molecule has 0 bridgehead atoms. The Morgan fingerprint density at radius 2 is 0.302 bits per heavy atom. The van der Waals surface area contributed by atoms with E-state index in [4.69, 9.17) is 0 Å². The van der Waals surface area contributed by atoms with Gasteiger partial charge in [-0.15, -0.1) is 0 Å². The zero-order chi connectivity index (χ0) is 44.7. The zero-order valence-electron chi connectivity index (χ0n) is 43.9. The van der Waals surface area contributed by atoms with Crippen LogP contribution >= 0.6 is 0 Å². The smallest absolute Gasteiger partial charge is 0.550 e. The fourth-order valence-corrected chi connectivity index (χ4v) is 7.92. The molecule has 0 saturated carbocycles. The molecule has 0 aromatic heterocycles. The Hall–Kier alpha value is 1.41. The maximum atomic E-state index is 10.2. The van der Waals surface area contributed by atoms with Crippen LogP contribution < -0.4 is 104 Å². The summed E-state index contributed by atoms with van der Waals surface area (Å²) in [6, 6.07) is 0. The molecule has 0 heterocycles. The van der Waals surface area contributed by atoms with Gasteiger partial charge in [0.05, 0.1) is 0 Å². The zero-order valence-corrected chi connectivity index (χ0v) is 49.9. The third-order valence-electron chi connectivity index (χ3n) is 12.0. The van der Waals surface area contributed by atoms with Crippen molar-refractivity contribution in [3.05, 3.63) is 0 Å². The standard InChI is InChI=1S/3C18H36O2.3Na/c3*1-2-3-4-5-6-7-8-9-10-11-12-13-14-15-16-17-18(19)20;;;/h3*2-17H2,1H3,(H,19,20);;;/q;;;3*+1/p-3. The molecule has 0 spiro atoms. The fourth-order valence-electron chi connectivity index (χ4n) is 7.92. The van der Waals surface area contributed by atoms with Gasteiger partial charge < -0.3 is 29.7 Å². The summed E-state index contributed by atoms with van der Waals surface area (Å²) in [5.74, 6) is -2.71. The van der Waals surface area contributed by atoms with Crippen LogP contribution in [-0.4, -0.2) is 17.9 Å². The molecule has 0 aromatic rings. The molecule has 0 aliphatic rings.